The van der Waals surface area contributed by atoms with E-state index >= 15 is 0 Å². The Hall–Kier alpha value is -3.42. The highest BCUT2D eigenvalue weighted by Gasteiger charge is 2.25. The molecule has 1 N–H and O–H groups in total. The second-order valence-electron chi connectivity index (χ2n) is 5.78. The van der Waals surface area contributed by atoms with E-state index in [1.165, 1.54) is 12.1 Å². The first kappa shape index (κ1) is 16.1. The molecular formula is C18H14FN3O4. The largest absolute Gasteiger partial charge is 0.508 e. The Labute approximate surface area is 147 Å². The molecule has 3 aromatic rings. The molecule has 0 spiro atoms. The lowest BCUT2D eigenvalue weighted by Gasteiger charge is -2.08. The Kier molecular flexibility index (Phi) is 4.00. The van der Waals surface area contributed by atoms with Crippen molar-refractivity contribution >= 4 is 5.90 Å². The number of phenolic OH excluding ortho intramolecular Hbond substituents is 1. The van der Waals surface area contributed by atoms with Crippen molar-refractivity contribution in [3.8, 4) is 23.0 Å². The summed E-state index contributed by atoms with van der Waals surface area (Å²) in [5.74, 6) is 0.844. The highest BCUT2D eigenvalue weighted by molar-refractivity contribution is 5.80. The SMILES string of the molecule is Cc1nnc(-c2cc(F)cc(OC3=NO[C@@H](c4ccc(O)cc4)C3)c2)o1. The fourth-order valence-electron chi connectivity index (χ4n) is 2.58. The van der Waals surface area contributed by atoms with E-state index in [1.54, 1.807) is 37.3 Å². The van der Waals surface area contributed by atoms with Gasteiger partial charge < -0.3 is 19.1 Å². The van der Waals surface area contributed by atoms with Gasteiger partial charge in [-0.05, 0) is 29.8 Å². The summed E-state index contributed by atoms with van der Waals surface area (Å²) in [5.41, 5.74) is 1.27. The summed E-state index contributed by atoms with van der Waals surface area (Å²) in [7, 11) is 0. The van der Waals surface area contributed by atoms with E-state index in [2.05, 4.69) is 15.4 Å². The maximum Gasteiger partial charge on any atom is 0.247 e. The van der Waals surface area contributed by atoms with Crippen molar-refractivity contribution in [3.63, 3.8) is 0 Å². The van der Waals surface area contributed by atoms with Gasteiger partial charge in [0.2, 0.25) is 17.7 Å². The number of halogens is 1. The van der Waals surface area contributed by atoms with E-state index in [1.807, 2.05) is 0 Å². The van der Waals surface area contributed by atoms with Gasteiger partial charge >= 0.3 is 0 Å². The number of aromatic nitrogens is 2. The van der Waals surface area contributed by atoms with Gasteiger partial charge in [-0.15, -0.1) is 10.2 Å². The smallest absolute Gasteiger partial charge is 0.247 e. The van der Waals surface area contributed by atoms with Gasteiger partial charge in [-0.2, -0.15) is 0 Å². The molecule has 0 amide bonds. The van der Waals surface area contributed by atoms with Gasteiger partial charge in [0, 0.05) is 18.6 Å². The molecule has 26 heavy (non-hydrogen) atoms. The number of oxime groups is 1. The molecule has 2 heterocycles. The molecule has 0 unspecified atom stereocenters. The van der Waals surface area contributed by atoms with Crippen LogP contribution in [-0.2, 0) is 4.84 Å². The zero-order valence-corrected chi connectivity index (χ0v) is 13.7. The Morgan fingerprint density at radius 1 is 1.15 bits per heavy atom. The van der Waals surface area contributed by atoms with Crippen LogP contribution in [0.2, 0.25) is 0 Å². The summed E-state index contributed by atoms with van der Waals surface area (Å²) in [6.07, 6.45) is 0.0632. The van der Waals surface area contributed by atoms with Crippen LogP contribution in [0.25, 0.3) is 11.5 Å². The number of hydrogen-bond acceptors (Lipinski definition) is 7. The Bertz CT molecular complexity index is 969. The maximum absolute atomic E-state index is 13.9. The van der Waals surface area contributed by atoms with Gasteiger partial charge in [-0.3, -0.25) is 0 Å². The lowest BCUT2D eigenvalue weighted by molar-refractivity contribution is 0.0855. The third-order valence-electron chi connectivity index (χ3n) is 3.79. The number of aryl methyl sites for hydroxylation is 1. The molecule has 1 atom stereocenters. The van der Waals surface area contributed by atoms with E-state index in [4.69, 9.17) is 14.0 Å². The molecular weight excluding hydrogens is 341 g/mol. The molecule has 1 aliphatic heterocycles. The first-order valence-corrected chi connectivity index (χ1v) is 7.87. The molecule has 0 fully saturated rings. The molecule has 2 aromatic carbocycles. The number of benzene rings is 2. The minimum atomic E-state index is -0.497. The number of aromatic hydroxyl groups is 1. The second kappa shape index (κ2) is 6.47. The molecule has 0 saturated carbocycles. The number of phenols is 1. The number of hydrogen-bond donors (Lipinski definition) is 1. The van der Waals surface area contributed by atoms with Crippen molar-refractivity contribution < 1.29 is 23.5 Å². The summed E-state index contributed by atoms with van der Waals surface area (Å²) < 4.78 is 24.9. The number of rotatable bonds is 3. The Morgan fingerprint density at radius 3 is 2.69 bits per heavy atom. The topological polar surface area (TPSA) is 90.0 Å². The second-order valence-corrected chi connectivity index (χ2v) is 5.78. The highest BCUT2D eigenvalue weighted by atomic mass is 19.1. The molecule has 0 aliphatic carbocycles. The molecule has 0 radical (unpaired) electrons. The zero-order chi connectivity index (χ0) is 18.1. The van der Waals surface area contributed by atoms with Gasteiger partial charge in [0.15, 0.2) is 6.10 Å². The monoisotopic (exact) mass is 355 g/mol. The summed E-state index contributed by atoms with van der Waals surface area (Å²) in [4.78, 5) is 5.36. The van der Waals surface area contributed by atoms with Gasteiger partial charge in [0.1, 0.15) is 17.3 Å². The van der Waals surface area contributed by atoms with Gasteiger partial charge in [0.05, 0.1) is 6.42 Å². The summed E-state index contributed by atoms with van der Waals surface area (Å²) in [5, 5.41) is 20.9. The minimum Gasteiger partial charge on any atom is -0.508 e. The molecule has 0 bridgehead atoms. The number of nitrogens with zero attached hydrogens (tertiary/aromatic N) is 3. The van der Waals surface area contributed by atoms with Crippen LogP contribution in [-0.4, -0.2) is 21.2 Å². The predicted octanol–water partition coefficient (Wildman–Crippen LogP) is 3.74. The van der Waals surface area contributed by atoms with E-state index in [-0.39, 0.29) is 23.5 Å². The summed E-state index contributed by atoms with van der Waals surface area (Å²) in [6.45, 7) is 1.65. The first-order chi connectivity index (χ1) is 12.6. The van der Waals surface area contributed by atoms with Crippen LogP contribution in [0.4, 0.5) is 4.39 Å². The van der Waals surface area contributed by atoms with Crippen molar-refractivity contribution in [2.24, 2.45) is 5.16 Å². The normalized spacial score (nSPS) is 16.2. The molecule has 8 heteroatoms. The molecule has 1 aromatic heterocycles. The van der Waals surface area contributed by atoms with Gasteiger partial charge in [-0.1, -0.05) is 17.3 Å². The van der Waals surface area contributed by atoms with Crippen molar-refractivity contribution in [1.29, 1.82) is 0 Å². The standard InChI is InChI=1S/C18H14FN3O4/c1-10-20-21-18(24-10)12-6-13(19)8-15(7-12)25-17-9-16(26-22-17)11-2-4-14(23)5-3-11/h2-8,16,23H,9H2,1H3/t16-/m1/s1. The lowest BCUT2D eigenvalue weighted by Crippen LogP contribution is -2.07. The molecule has 1 aliphatic rings. The average Bonchev–Trinajstić information content (AvgIpc) is 3.24. The molecule has 7 nitrogen and oxygen atoms in total. The van der Waals surface area contributed by atoms with Crippen LogP contribution < -0.4 is 4.74 Å². The average molecular weight is 355 g/mol. The third kappa shape index (κ3) is 3.34. The van der Waals surface area contributed by atoms with E-state index in [9.17, 15) is 9.50 Å². The Balaban J connectivity index is 1.49. The van der Waals surface area contributed by atoms with Crippen LogP contribution in [0.5, 0.6) is 11.5 Å². The lowest BCUT2D eigenvalue weighted by atomic mass is 10.1. The molecule has 132 valence electrons. The van der Waals surface area contributed by atoms with Crippen molar-refractivity contribution in [2.75, 3.05) is 0 Å². The van der Waals surface area contributed by atoms with Crippen molar-refractivity contribution in [2.45, 2.75) is 19.4 Å². The quantitative estimate of drug-likeness (QED) is 0.770. The van der Waals surface area contributed by atoms with Crippen LogP contribution in [0.15, 0.2) is 52.0 Å². The van der Waals surface area contributed by atoms with Crippen LogP contribution in [0.1, 0.15) is 24.0 Å². The number of ether oxygens (including phenoxy) is 1. The van der Waals surface area contributed by atoms with Crippen molar-refractivity contribution in [3.05, 3.63) is 59.7 Å². The van der Waals surface area contributed by atoms with E-state index < -0.39 is 5.82 Å². The van der Waals surface area contributed by atoms with Crippen LogP contribution >= 0.6 is 0 Å². The minimum absolute atomic E-state index is 0.174. The molecule has 4 rings (SSSR count). The molecule has 0 saturated heterocycles. The van der Waals surface area contributed by atoms with Gasteiger partial charge in [-0.25, -0.2) is 4.39 Å². The van der Waals surface area contributed by atoms with Crippen molar-refractivity contribution in [1.82, 2.24) is 10.2 Å². The van der Waals surface area contributed by atoms with Gasteiger partial charge in [0.25, 0.3) is 0 Å². The Morgan fingerprint density at radius 2 is 1.96 bits per heavy atom. The summed E-state index contributed by atoms with van der Waals surface area (Å²) >= 11 is 0. The maximum atomic E-state index is 13.9. The fourth-order valence-corrected chi connectivity index (χ4v) is 2.58. The van der Waals surface area contributed by atoms with E-state index in [0.29, 0.717) is 23.8 Å². The predicted molar refractivity (Wildman–Crippen MR) is 89.0 cm³/mol. The van der Waals surface area contributed by atoms with Crippen LogP contribution in [0, 0.1) is 12.7 Å². The fraction of sp³-hybridized carbons (Fsp3) is 0.167. The first-order valence-electron chi connectivity index (χ1n) is 7.87. The van der Waals surface area contributed by atoms with Crippen LogP contribution in [0.3, 0.4) is 0 Å². The summed E-state index contributed by atoms with van der Waals surface area (Å²) in [6, 6.07) is 10.8. The van der Waals surface area contributed by atoms with E-state index in [0.717, 1.165) is 5.56 Å². The highest BCUT2D eigenvalue weighted by Crippen LogP contribution is 2.30. The third-order valence-corrected chi connectivity index (χ3v) is 3.79. The zero-order valence-electron chi connectivity index (χ0n) is 13.7.